The molecule has 4 heteroatoms. The van der Waals surface area contributed by atoms with Gasteiger partial charge in [-0.25, -0.2) is 4.79 Å². The highest BCUT2D eigenvalue weighted by Gasteiger charge is 2.36. The van der Waals surface area contributed by atoms with Gasteiger partial charge in [0.2, 0.25) is 0 Å². The summed E-state index contributed by atoms with van der Waals surface area (Å²) in [4.78, 5) is 10.7. The van der Waals surface area contributed by atoms with Gasteiger partial charge in [-0.2, -0.15) is 0 Å². The van der Waals surface area contributed by atoms with Crippen LogP contribution in [0.25, 0.3) is 0 Å². The van der Waals surface area contributed by atoms with Gasteiger partial charge in [0.25, 0.3) is 0 Å². The summed E-state index contributed by atoms with van der Waals surface area (Å²) < 4.78 is 6.07. The molecule has 100 valence electrons. The Morgan fingerprint density at radius 1 is 1.22 bits per heavy atom. The normalized spacial score (nSPS) is 12.5. The van der Waals surface area contributed by atoms with Gasteiger partial charge in [0.1, 0.15) is 0 Å². The Bertz CT molecular complexity index is 416. The molecule has 0 radical (unpaired) electrons. The number of hydrogen-bond donors (Lipinski definition) is 1. The number of rotatable bonds is 4. The standard InChI is InChI=1S/C14H22O3Si/c1-14(2,3)18(4,5)17-10-11-6-8-12(9-7-11)13(15)16/h6-9H,10H2,1-5H3,(H,15,16). The number of carboxylic acids is 1. The molecule has 1 aromatic rings. The van der Waals surface area contributed by atoms with Crippen LogP contribution in [0.4, 0.5) is 0 Å². The van der Waals surface area contributed by atoms with Crippen LogP contribution in [0.3, 0.4) is 0 Å². The van der Waals surface area contributed by atoms with Crippen LogP contribution >= 0.6 is 0 Å². The molecule has 0 spiro atoms. The molecule has 0 fully saturated rings. The average Bonchev–Trinajstić information content (AvgIpc) is 2.25. The van der Waals surface area contributed by atoms with Gasteiger partial charge in [-0.3, -0.25) is 0 Å². The van der Waals surface area contributed by atoms with Gasteiger partial charge in [-0.1, -0.05) is 32.9 Å². The van der Waals surface area contributed by atoms with Gasteiger partial charge in [0, 0.05) is 0 Å². The molecule has 0 unspecified atom stereocenters. The van der Waals surface area contributed by atoms with Crippen LogP contribution in [0, 0.1) is 0 Å². The average molecular weight is 266 g/mol. The molecule has 0 aliphatic rings. The van der Waals surface area contributed by atoms with Crippen molar-refractivity contribution < 1.29 is 14.3 Å². The first-order valence-corrected chi connectivity index (χ1v) is 9.00. The molecular weight excluding hydrogens is 244 g/mol. The van der Waals surface area contributed by atoms with Crippen molar-refractivity contribution in [2.24, 2.45) is 0 Å². The summed E-state index contributed by atoms with van der Waals surface area (Å²) in [5.74, 6) is -0.896. The molecule has 0 amide bonds. The first-order valence-electron chi connectivity index (χ1n) is 6.10. The molecule has 3 nitrogen and oxygen atoms in total. The van der Waals surface area contributed by atoms with Crippen molar-refractivity contribution in [2.75, 3.05) is 0 Å². The molecule has 0 aromatic heterocycles. The summed E-state index contributed by atoms with van der Waals surface area (Å²) in [6.45, 7) is 11.6. The first kappa shape index (κ1) is 14.9. The largest absolute Gasteiger partial charge is 0.478 e. The van der Waals surface area contributed by atoms with Crippen LogP contribution in [-0.4, -0.2) is 19.4 Å². The zero-order chi connectivity index (χ0) is 14.0. The second kappa shape index (κ2) is 5.24. The van der Waals surface area contributed by atoms with Gasteiger partial charge in [0.05, 0.1) is 12.2 Å². The Labute approximate surface area is 110 Å². The van der Waals surface area contributed by atoms with E-state index in [1.165, 1.54) is 0 Å². The van der Waals surface area contributed by atoms with E-state index in [1.807, 2.05) is 12.1 Å². The number of carbonyl (C=O) groups is 1. The topological polar surface area (TPSA) is 46.5 Å². The van der Waals surface area contributed by atoms with Gasteiger partial charge < -0.3 is 9.53 Å². The summed E-state index contributed by atoms with van der Waals surface area (Å²) in [5, 5.41) is 9.01. The molecule has 1 N–H and O–H groups in total. The molecule has 1 rings (SSSR count). The lowest BCUT2D eigenvalue weighted by Crippen LogP contribution is -2.40. The lowest BCUT2D eigenvalue weighted by atomic mass is 10.1. The van der Waals surface area contributed by atoms with E-state index in [2.05, 4.69) is 33.9 Å². The lowest BCUT2D eigenvalue weighted by molar-refractivity contribution is 0.0697. The van der Waals surface area contributed by atoms with Gasteiger partial charge >= 0.3 is 5.97 Å². The molecule has 0 aliphatic heterocycles. The smallest absolute Gasteiger partial charge is 0.335 e. The van der Waals surface area contributed by atoms with Crippen LogP contribution in [0.15, 0.2) is 24.3 Å². The fourth-order valence-corrected chi connectivity index (χ4v) is 2.18. The van der Waals surface area contributed by atoms with Crippen molar-refractivity contribution in [1.29, 1.82) is 0 Å². The van der Waals surface area contributed by atoms with Crippen molar-refractivity contribution in [2.45, 2.75) is 45.5 Å². The first-order chi connectivity index (χ1) is 8.13. The number of hydrogen-bond acceptors (Lipinski definition) is 2. The third kappa shape index (κ3) is 3.68. The Kier molecular flexibility index (Phi) is 4.35. The van der Waals surface area contributed by atoms with E-state index in [-0.39, 0.29) is 5.04 Å². The molecule has 1 aromatic carbocycles. The van der Waals surface area contributed by atoms with Crippen molar-refractivity contribution in [1.82, 2.24) is 0 Å². The summed E-state index contributed by atoms with van der Waals surface area (Å²) in [6.07, 6.45) is 0. The predicted octanol–water partition coefficient (Wildman–Crippen LogP) is 3.91. The molecule has 0 bridgehead atoms. The lowest BCUT2D eigenvalue weighted by Gasteiger charge is -2.36. The van der Waals surface area contributed by atoms with Crippen molar-refractivity contribution in [3.8, 4) is 0 Å². The van der Waals surface area contributed by atoms with Crippen LogP contribution in [0.5, 0.6) is 0 Å². The van der Waals surface area contributed by atoms with Crippen LogP contribution < -0.4 is 0 Å². The highest BCUT2D eigenvalue weighted by molar-refractivity contribution is 6.74. The van der Waals surface area contributed by atoms with Crippen LogP contribution in [-0.2, 0) is 11.0 Å². The molecule has 0 aliphatic carbocycles. The van der Waals surface area contributed by atoms with E-state index in [9.17, 15) is 4.79 Å². The number of carboxylic acid groups (broad SMARTS) is 1. The maximum absolute atomic E-state index is 10.7. The Balaban J connectivity index is 2.67. The molecule has 0 saturated carbocycles. The number of aromatic carboxylic acids is 1. The molecule has 0 atom stereocenters. The van der Waals surface area contributed by atoms with E-state index in [1.54, 1.807) is 12.1 Å². The third-order valence-corrected chi connectivity index (χ3v) is 8.09. The summed E-state index contributed by atoms with van der Waals surface area (Å²) in [7, 11) is -1.74. The highest BCUT2D eigenvalue weighted by atomic mass is 28.4. The van der Waals surface area contributed by atoms with Gasteiger partial charge in [-0.15, -0.1) is 0 Å². The second-order valence-electron chi connectivity index (χ2n) is 6.05. The molecular formula is C14H22O3Si. The van der Waals surface area contributed by atoms with Crippen LogP contribution in [0.2, 0.25) is 18.1 Å². The Hall–Kier alpha value is -1.13. The Morgan fingerprint density at radius 3 is 2.11 bits per heavy atom. The van der Waals surface area contributed by atoms with Crippen molar-refractivity contribution in [3.05, 3.63) is 35.4 Å². The maximum atomic E-state index is 10.7. The molecule has 0 saturated heterocycles. The van der Waals surface area contributed by atoms with Gasteiger partial charge in [-0.05, 0) is 35.8 Å². The zero-order valence-electron chi connectivity index (χ0n) is 11.8. The molecule has 18 heavy (non-hydrogen) atoms. The maximum Gasteiger partial charge on any atom is 0.335 e. The Morgan fingerprint density at radius 2 is 1.72 bits per heavy atom. The minimum absolute atomic E-state index is 0.188. The van der Waals surface area contributed by atoms with Gasteiger partial charge in [0.15, 0.2) is 8.32 Å². The zero-order valence-corrected chi connectivity index (χ0v) is 12.8. The van der Waals surface area contributed by atoms with E-state index in [0.29, 0.717) is 12.2 Å². The SMILES string of the molecule is CC(C)(C)[Si](C)(C)OCc1ccc(C(=O)O)cc1. The highest BCUT2D eigenvalue weighted by Crippen LogP contribution is 2.37. The predicted molar refractivity (Wildman–Crippen MR) is 75.4 cm³/mol. The molecule has 0 heterocycles. The van der Waals surface area contributed by atoms with Crippen molar-refractivity contribution in [3.63, 3.8) is 0 Å². The minimum Gasteiger partial charge on any atom is -0.478 e. The monoisotopic (exact) mass is 266 g/mol. The summed E-state index contributed by atoms with van der Waals surface area (Å²) in [6, 6.07) is 6.87. The quantitative estimate of drug-likeness (QED) is 0.841. The van der Waals surface area contributed by atoms with E-state index < -0.39 is 14.3 Å². The summed E-state index contributed by atoms with van der Waals surface area (Å²) in [5.41, 5.74) is 1.33. The summed E-state index contributed by atoms with van der Waals surface area (Å²) >= 11 is 0. The van der Waals surface area contributed by atoms with Crippen LogP contribution in [0.1, 0.15) is 36.7 Å². The third-order valence-electron chi connectivity index (χ3n) is 3.61. The fourth-order valence-electron chi connectivity index (χ4n) is 1.22. The van der Waals surface area contributed by atoms with Crippen molar-refractivity contribution >= 4 is 14.3 Å². The number of benzene rings is 1. The van der Waals surface area contributed by atoms with E-state index in [4.69, 9.17) is 9.53 Å². The van der Waals surface area contributed by atoms with E-state index >= 15 is 0 Å². The van der Waals surface area contributed by atoms with E-state index in [0.717, 1.165) is 5.56 Å². The second-order valence-corrected chi connectivity index (χ2v) is 10.9. The fraction of sp³-hybridized carbons (Fsp3) is 0.500. The minimum atomic E-state index is -1.74.